The van der Waals surface area contributed by atoms with Crippen molar-refractivity contribution >= 4 is 40.5 Å². The number of hydrogen-bond donors (Lipinski definition) is 1. The Morgan fingerprint density at radius 2 is 1.67 bits per heavy atom. The van der Waals surface area contributed by atoms with Crippen LogP contribution >= 0.6 is 34.5 Å². The number of rotatable bonds is 10. The highest BCUT2D eigenvalue weighted by atomic mass is 35.5. The number of aryl methyl sites for hydroxylation is 1. The molecule has 3 aromatic rings. The molecule has 1 heterocycles. The highest BCUT2D eigenvalue weighted by Gasteiger charge is 2.31. The molecule has 1 N–H and O–H groups in total. The Hall–Kier alpha value is -2.46. The van der Waals surface area contributed by atoms with Crippen molar-refractivity contribution in [3.63, 3.8) is 0 Å². The van der Waals surface area contributed by atoms with Crippen molar-refractivity contribution in [1.29, 1.82) is 0 Å². The van der Waals surface area contributed by atoms with E-state index >= 15 is 0 Å². The average molecular weight is 563 g/mol. The molecule has 0 aliphatic rings. The van der Waals surface area contributed by atoms with Gasteiger partial charge in [-0.1, -0.05) is 29.3 Å². The zero-order valence-electron chi connectivity index (χ0n) is 19.5. The van der Waals surface area contributed by atoms with Gasteiger partial charge in [0.15, 0.2) is 5.60 Å². The summed E-state index contributed by atoms with van der Waals surface area (Å²) in [5, 5.41) is 9.67. The minimum absolute atomic E-state index is 0.133. The molecule has 0 aliphatic heterocycles. The summed E-state index contributed by atoms with van der Waals surface area (Å²) in [6.45, 7) is 2.83. The molecule has 36 heavy (non-hydrogen) atoms. The number of methoxy groups -OCH3 is 1. The van der Waals surface area contributed by atoms with Crippen LogP contribution in [0.25, 0.3) is 10.4 Å². The number of halogens is 5. The normalized spacial score (nSPS) is 12.9. The minimum atomic E-state index is -4.74. The van der Waals surface area contributed by atoms with Crippen molar-refractivity contribution in [2.75, 3.05) is 7.11 Å². The number of aliphatic carboxylic acids is 1. The first-order valence-corrected chi connectivity index (χ1v) is 12.3. The van der Waals surface area contributed by atoms with Crippen LogP contribution in [0, 0.1) is 0 Å². The Kier molecular flexibility index (Phi) is 8.82. The van der Waals surface area contributed by atoms with Crippen LogP contribution in [-0.4, -0.2) is 30.1 Å². The van der Waals surface area contributed by atoms with Crippen molar-refractivity contribution in [2.24, 2.45) is 0 Å². The lowest BCUT2D eigenvalue weighted by Crippen LogP contribution is -2.38. The summed E-state index contributed by atoms with van der Waals surface area (Å²) >= 11 is 14.2. The molecule has 0 bridgehead atoms. The second-order valence-electron chi connectivity index (χ2n) is 8.31. The van der Waals surface area contributed by atoms with Gasteiger partial charge < -0.3 is 19.3 Å². The van der Waals surface area contributed by atoms with Crippen molar-refractivity contribution in [1.82, 2.24) is 0 Å². The Morgan fingerprint density at radius 3 is 2.25 bits per heavy atom. The topological polar surface area (TPSA) is 65.0 Å². The van der Waals surface area contributed by atoms with E-state index in [9.17, 15) is 23.1 Å². The number of ether oxygens (including phenoxy) is 3. The molecular formula is C25H23Cl2F3O5S. The number of carboxylic acid groups (broad SMARTS) is 1. The van der Waals surface area contributed by atoms with Crippen LogP contribution in [0.15, 0.2) is 48.5 Å². The lowest BCUT2D eigenvalue weighted by molar-refractivity contribution is -0.274. The van der Waals surface area contributed by atoms with Crippen molar-refractivity contribution < 1.29 is 37.3 Å². The summed E-state index contributed by atoms with van der Waals surface area (Å²) in [5.41, 5.74) is 0.0321. The fraction of sp³-hybridized carbons (Fsp3) is 0.320. The van der Waals surface area contributed by atoms with Crippen LogP contribution in [-0.2, 0) is 16.0 Å². The number of carbonyl (C=O) groups is 1. The molecule has 0 amide bonds. The van der Waals surface area contributed by atoms with Crippen molar-refractivity contribution in [2.45, 2.75) is 44.8 Å². The monoisotopic (exact) mass is 562 g/mol. The summed E-state index contributed by atoms with van der Waals surface area (Å²) in [7, 11) is 1.59. The first-order chi connectivity index (χ1) is 16.8. The van der Waals surface area contributed by atoms with Gasteiger partial charge in [-0.15, -0.1) is 24.5 Å². The lowest BCUT2D eigenvalue weighted by Gasteiger charge is -2.23. The first kappa shape index (κ1) is 28.1. The summed E-state index contributed by atoms with van der Waals surface area (Å²) in [5.74, 6) is -1.24. The quantitative estimate of drug-likeness (QED) is 0.270. The van der Waals surface area contributed by atoms with Gasteiger partial charge in [-0.3, -0.25) is 0 Å². The summed E-state index contributed by atoms with van der Waals surface area (Å²) in [6.07, 6.45) is -3.89. The van der Waals surface area contributed by atoms with Gasteiger partial charge in [0.05, 0.1) is 11.1 Å². The van der Waals surface area contributed by atoms with Crippen LogP contribution in [0.5, 0.6) is 11.5 Å². The van der Waals surface area contributed by atoms with E-state index in [0.717, 1.165) is 20.9 Å². The van der Waals surface area contributed by atoms with E-state index in [1.54, 1.807) is 31.4 Å². The SMILES string of the molecule is COC(CCc1ccc(OC(C)(C)C(=O)O)c(Cl)c1Cl)c1ccc(-c2ccc(OC(F)(F)F)cc2)s1. The van der Waals surface area contributed by atoms with Gasteiger partial charge in [-0.2, -0.15) is 0 Å². The first-order valence-electron chi connectivity index (χ1n) is 10.7. The molecule has 0 aliphatic carbocycles. The highest BCUT2D eigenvalue weighted by molar-refractivity contribution is 7.15. The van der Waals surface area contributed by atoms with E-state index in [4.69, 9.17) is 32.7 Å². The number of thiophene rings is 1. The molecule has 5 nitrogen and oxygen atoms in total. The van der Waals surface area contributed by atoms with E-state index in [1.807, 2.05) is 12.1 Å². The molecule has 11 heteroatoms. The predicted octanol–water partition coefficient (Wildman–Crippen LogP) is 8.18. The Morgan fingerprint density at radius 1 is 1.00 bits per heavy atom. The third-order valence-electron chi connectivity index (χ3n) is 5.28. The fourth-order valence-corrected chi connectivity index (χ4v) is 4.93. The summed E-state index contributed by atoms with van der Waals surface area (Å²) < 4.78 is 52.2. The second kappa shape index (κ2) is 11.3. The van der Waals surface area contributed by atoms with Crippen LogP contribution in [0.2, 0.25) is 10.0 Å². The van der Waals surface area contributed by atoms with Crippen molar-refractivity contribution in [3.8, 4) is 21.9 Å². The van der Waals surface area contributed by atoms with Crippen LogP contribution in [0.1, 0.15) is 36.8 Å². The molecular weight excluding hydrogens is 540 g/mol. The van der Waals surface area contributed by atoms with Crippen LogP contribution in [0.4, 0.5) is 13.2 Å². The molecule has 3 rings (SSSR count). The van der Waals surface area contributed by atoms with E-state index in [0.29, 0.717) is 12.8 Å². The molecule has 194 valence electrons. The molecule has 0 saturated heterocycles. The maximum absolute atomic E-state index is 12.4. The van der Waals surface area contributed by atoms with E-state index < -0.39 is 17.9 Å². The molecule has 0 saturated carbocycles. The smallest absolute Gasteiger partial charge is 0.478 e. The molecule has 2 aromatic carbocycles. The van der Waals surface area contributed by atoms with Crippen LogP contribution in [0.3, 0.4) is 0 Å². The van der Waals surface area contributed by atoms with Gasteiger partial charge in [0, 0.05) is 16.9 Å². The summed E-state index contributed by atoms with van der Waals surface area (Å²) in [4.78, 5) is 13.1. The number of benzene rings is 2. The predicted molar refractivity (Wildman–Crippen MR) is 133 cm³/mol. The van der Waals surface area contributed by atoms with Gasteiger partial charge in [-0.25, -0.2) is 4.79 Å². The Bertz CT molecular complexity index is 1210. The largest absolute Gasteiger partial charge is 0.573 e. The number of carboxylic acids is 1. The van der Waals surface area contributed by atoms with Crippen molar-refractivity contribution in [3.05, 3.63) is 69.0 Å². The maximum atomic E-state index is 12.4. The molecule has 1 unspecified atom stereocenters. The zero-order chi connectivity index (χ0) is 26.7. The molecule has 0 radical (unpaired) electrons. The molecule has 0 spiro atoms. The second-order valence-corrected chi connectivity index (χ2v) is 10.2. The van der Waals surface area contributed by atoms with Gasteiger partial charge in [0.25, 0.3) is 0 Å². The van der Waals surface area contributed by atoms with Crippen LogP contribution < -0.4 is 9.47 Å². The van der Waals surface area contributed by atoms with Gasteiger partial charge in [0.1, 0.15) is 16.5 Å². The molecule has 1 atom stereocenters. The number of alkyl halides is 3. The summed E-state index contributed by atoms with van der Waals surface area (Å²) in [6, 6.07) is 12.8. The van der Waals surface area contributed by atoms with Gasteiger partial charge in [-0.05, 0) is 80.3 Å². The Labute approximate surface area is 220 Å². The zero-order valence-corrected chi connectivity index (χ0v) is 21.8. The maximum Gasteiger partial charge on any atom is 0.573 e. The Balaban J connectivity index is 1.69. The van der Waals surface area contributed by atoms with E-state index in [-0.39, 0.29) is 27.6 Å². The third-order valence-corrected chi connectivity index (χ3v) is 7.41. The van der Waals surface area contributed by atoms with Gasteiger partial charge >= 0.3 is 12.3 Å². The minimum Gasteiger partial charge on any atom is -0.478 e. The standard InChI is InChI=1S/C25H23Cl2F3O5S/c1-24(2,23(31)32)35-18-11-7-15(21(26)22(18)27)6-10-17(33-3)20-13-12-19(36-20)14-4-8-16(9-5-14)34-25(28,29)30/h4-5,7-9,11-13,17H,6,10H2,1-3H3,(H,31,32). The fourth-order valence-electron chi connectivity index (χ4n) is 3.33. The number of hydrogen-bond acceptors (Lipinski definition) is 5. The highest BCUT2D eigenvalue weighted by Crippen LogP contribution is 2.39. The average Bonchev–Trinajstić information content (AvgIpc) is 3.28. The third kappa shape index (κ3) is 7.06. The molecule has 1 aromatic heterocycles. The van der Waals surface area contributed by atoms with E-state index in [2.05, 4.69) is 4.74 Å². The van der Waals surface area contributed by atoms with E-state index in [1.165, 1.54) is 37.3 Å². The van der Waals surface area contributed by atoms with Gasteiger partial charge in [0.2, 0.25) is 0 Å². The lowest BCUT2D eigenvalue weighted by atomic mass is 10.0. The molecule has 0 fully saturated rings.